The first-order chi connectivity index (χ1) is 9.74. The van der Waals surface area contributed by atoms with Crippen molar-refractivity contribution >= 4 is 0 Å². The van der Waals surface area contributed by atoms with E-state index in [-0.39, 0.29) is 11.6 Å². The Morgan fingerprint density at radius 3 is 2.55 bits per heavy atom. The van der Waals surface area contributed by atoms with Crippen LogP contribution in [0.1, 0.15) is 64.7 Å². The van der Waals surface area contributed by atoms with Gasteiger partial charge in [0.2, 0.25) is 0 Å². The van der Waals surface area contributed by atoms with Gasteiger partial charge in [0.1, 0.15) is 0 Å². The number of hydrogen-bond donors (Lipinski definition) is 1. The molecule has 1 spiro atoms. The molecule has 1 aliphatic heterocycles. The van der Waals surface area contributed by atoms with Gasteiger partial charge in [0.15, 0.2) is 0 Å². The average molecular weight is 281 g/mol. The molecule has 3 fully saturated rings. The summed E-state index contributed by atoms with van der Waals surface area (Å²) in [6.07, 6.45) is 11.8. The molecule has 0 aromatic heterocycles. The van der Waals surface area contributed by atoms with Crippen LogP contribution in [0.25, 0.3) is 0 Å². The van der Waals surface area contributed by atoms with E-state index in [4.69, 9.17) is 15.2 Å². The molecule has 0 amide bonds. The van der Waals surface area contributed by atoms with Crippen molar-refractivity contribution in [1.29, 1.82) is 0 Å². The van der Waals surface area contributed by atoms with E-state index in [0.717, 1.165) is 25.6 Å². The van der Waals surface area contributed by atoms with Crippen LogP contribution in [0.2, 0.25) is 0 Å². The molecule has 20 heavy (non-hydrogen) atoms. The van der Waals surface area contributed by atoms with E-state index in [1.54, 1.807) is 0 Å². The van der Waals surface area contributed by atoms with Crippen molar-refractivity contribution < 1.29 is 9.47 Å². The number of rotatable bonds is 5. The molecule has 3 aliphatic rings. The van der Waals surface area contributed by atoms with Crippen LogP contribution in [0.3, 0.4) is 0 Å². The third kappa shape index (κ3) is 3.20. The maximum Gasteiger partial charge on any atom is 0.0756 e. The molecule has 0 radical (unpaired) electrons. The van der Waals surface area contributed by atoms with E-state index in [0.29, 0.717) is 12.0 Å². The largest absolute Gasteiger partial charge is 0.377 e. The third-order valence-electron chi connectivity index (χ3n) is 5.67. The minimum absolute atomic E-state index is 0.166. The van der Waals surface area contributed by atoms with Gasteiger partial charge in [-0.25, -0.2) is 0 Å². The first-order valence-corrected chi connectivity index (χ1v) is 8.75. The zero-order valence-electron chi connectivity index (χ0n) is 13.0. The monoisotopic (exact) mass is 281 g/mol. The van der Waals surface area contributed by atoms with Crippen LogP contribution in [0, 0.1) is 11.8 Å². The summed E-state index contributed by atoms with van der Waals surface area (Å²) in [6.45, 7) is 3.79. The van der Waals surface area contributed by atoms with E-state index in [2.05, 4.69) is 6.92 Å². The molecule has 2 saturated carbocycles. The summed E-state index contributed by atoms with van der Waals surface area (Å²) in [5.74, 6) is 1.33. The fourth-order valence-electron chi connectivity index (χ4n) is 4.39. The Balaban J connectivity index is 1.62. The molecular weight excluding hydrogens is 250 g/mol. The van der Waals surface area contributed by atoms with Crippen molar-refractivity contribution in [2.24, 2.45) is 17.6 Å². The Hall–Kier alpha value is -0.120. The van der Waals surface area contributed by atoms with Gasteiger partial charge in [-0.1, -0.05) is 19.3 Å². The van der Waals surface area contributed by atoms with Crippen molar-refractivity contribution in [3.63, 3.8) is 0 Å². The van der Waals surface area contributed by atoms with E-state index in [1.807, 2.05) is 0 Å². The van der Waals surface area contributed by atoms with Crippen LogP contribution >= 0.6 is 0 Å². The topological polar surface area (TPSA) is 44.5 Å². The Morgan fingerprint density at radius 2 is 1.90 bits per heavy atom. The standard InChI is InChI=1S/C17H31NO2/c1-2-19-16(13-6-7-13)15(18)14-8-11-20-17(12-14)9-4-3-5-10-17/h13-16H,2-12,18H2,1H3. The molecule has 3 rings (SSSR count). The van der Waals surface area contributed by atoms with Crippen molar-refractivity contribution in [2.75, 3.05) is 13.2 Å². The predicted molar refractivity (Wildman–Crippen MR) is 80.6 cm³/mol. The van der Waals surface area contributed by atoms with E-state index >= 15 is 0 Å². The molecular formula is C17H31NO2. The van der Waals surface area contributed by atoms with Gasteiger partial charge in [0.05, 0.1) is 11.7 Å². The van der Waals surface area contributed by atoms with Gasteiger partial charge in [-0.05, 0) is 57.3 Å². The molecule has 1 heterocycles. The van der Waals surface area contributed by atoms with Gasteiger partial charge in [-0.15, -0.1) is 0 Å². The van der Waals surface area contributed by atoms with Crippen LogP contribution in [0.5, 0.6) is 0 Å². The summed E-state index contributed by atoms with van der Waals surface area (Å²) < 4.78 is 12.2. The lowest BCUT2D eigenvalue weighted by Crippen LogP contribution is -2.51. The summed E-state index contributed by atoms with van der Waals surface area (Å²) in [5.41, 5.74) is 6.79. The highest BCUT2D eigenvalue weighted by Crippen LogP contribution is 2.44. The van der Waals surface area contributed by atoms with Crippen molar-refractivity contribution in [3.8, 4) is 0 Å². The molecule has 1 saturated heterocycles. The molecule has 2 N–H and O–H groups in total. The lowest BCUT2D eigenvalue weighted by Gasteiger charge is -2.46. The summed E-state index contributed by atoms with van der Waals surface area (Å²) in [5, 5.41) is 0. The summed E-state index contributed by atoms with van der Waals surface area (Å²) in [7, 11) is 0. The third-order valence-corrected chi connectivity index (χ3v) is 5.67. The minimum Gasteiger partial charge on any atom is -0.377 e. The van der Waals surface area contributed by atoms with E-state index in [1.165, 1.54) is 51.4 Å². The van der Waals surface area contributed by atoms with Crippen molar-refractivity contribution in [3.05, 3.63) is 0 Å². The summed E-state index contributed by atoms with van der Waals surface area (Å²) in [4.78, 5) is 0. The summed E-state index contributed by atoms with van der Waals surface area (Å²) >= 11 is 0. The minimum atomic E-state index is 0.166. The van der Waals surface area contributed by atoms with Gasteiger partial charge >= 0.3 is 0 Å². The highest BCUT2D eigenvalue weighted by molar-refractivity contribution is 4.97. The average Bonchev–Trinajstić information content (AvgIpc) is 3.29. The van der Waals surface area contributed by atoms with Crippen LogP contribution in [0.15, 0.2) is 0 Å². The Labute approximate surface area is 123 Å². The molecule has 3 heteroatoms. The lowest BCUT2D eigenvalue weighted by atomic mass is 9.73. The highest BCUT2D eigenvalue weighted by atomic mass is 16.5. The molecule has 0 bridgehead atoms. The first kappa shape index (κ1) is 14.8. The van der Waals surface area contributed by atoms with E-state index in [9.17, 15) is 0 Å². The van der Waals surface area contributed by atoms with Crippen LogP contribution in [-0.2, 0) is 9.47 Å². The molecule has 0 aromatic rings. The molecule has 116 valence electrons. The van der Waals surface area contributed by atoms with Gasteiger partial charge in [-0.3, -0.25) is 0 Å². The Kier molecular flexibility index (Phi) is 4.68. The van der Waals surface area contributed by atoms with E-state index < -0.39 is 0 Å². The summed E-state index contributed by atoms with van der Waals surface area (Å²) in [6, 6.07) is 0.213. The molecule has 3 unspecified atom stereocenters. The Morgan fingerprint density at radius 1 is 1.15 bits per heavy atom. The van der Waals surface area contributed by atoms with Gasteiger partial charge in [0, 0.05) is 19.3 Å². The smallest absolute Gasteiger partial charge is 0.0756 e. The van der Waals surface area contributed by atoms with Crippen molar-refractivity contribution in [1.82, 2.24) is 0 Å². The number of hydrogen-bond acceptors (Lipinski definition) is 3. The quantitative estimate of drug-likeness (QED) is 0.841. The van der Waals surface area contributed by atoms with Crippen molar-refractivity contribution in [2.45, 2.75) is 82.5 Å². The fraction of sp³-hybridized carbons (Fsp3) is 1.00. The van der Waals surface area contributed by atoms with Gasteiger partial charge < -0.3 is 15.2 Å². The molecule has 3 nitrogen and oxygen atoms in total. The fourth-order valence-corrected chi connectivity index (χ4v) is 4.39. The molecule has 2 aliphatic carbocycles. The zero-order chi connectivity index (χ0) is 14.0. The number of nitrogens with two attached hydrogens (primary N) is 1. The zero-order valence-corrected chi connectivity index (χ0v) is 13.0. The first-order valence-electron chi connectivity index (χ1n) is 8.75. The Bertz CT molecular complexity index is 305. The molecule has 3 atom stereocenters. The van der Waals surface area contributed by atoms with Crippen LogP contribution in [-0.4, -0.2) is 31.0 Å². The van der Waals surface area contributed by atoms with Crippen LogP contribution < -0.4 is 5.73 Å². The SMILES string of the molecule is CCOC(C1CC1)C(N)C1CCOC2(CCCCC2)C1. The second-order valence-electron chi connectivity index (χ2n) is 7.18. The normalized spacial score (nSPS) is 33.0. The van der Waals surface area contributed by atoms with Crippen LogP contribution in [0.4, 0.5) is 0 Å². The number of ether oxygens (including phenoxy) is 2. The maximum absolute atomic E-state index is 6.63. The maximum atomic E-state index is 6.63. The second kappa shape index (κ2) is 6.33. The second-order valence-corrected chi connectivity index (χ2v) is 7.18. The highest BCUT2D eigenvalue weighted by Gasteiger charge is 2.44. The lowest BCUT2D eigenvalue weighted by molar-refractivity contribution is -0.128. The molecule has 0 aromatic carbocycles. The predicted octanol–water partition coefficient (Wildman–Crippen LogP) is 3.26. The van der Waals surface area contributed by atoms with Gasteiger partial charge in [-0.2, -0.15) is 0 Å². The van der Waals surface area contributed by atoms with Gasteiger partial charge in [0.25, 0.3) is 0 Å².